The lowest BCUT2D eigenvalue weighted by atomic mass is 9.86. The second-order valence-electron chi connectivity index (χ2n) is 8.74. The summed E-state index contributed by atoms with van der Waals surface area (Å²) in [5.41, 5.74) is 5.50. The average Bonchev–Trinajstić information content (AvgIpc) is 2.31. The van der Waals surface area contributed by atoms with Gasteiger partial charge in [0.2, 0.25) is 0 Å². The Morgan fingerprint density at radius 3 is 2.45 bits per heavy atom. The molecule has 2 atom stereocenters. The van der Waals surface area contributed by atoms with Crippen molar-refractivity contribution in [2.24, 2.45) is 16.6 Å². The Balaban J connectivity index is 2.45. The number of morpholine rings is 1. The van der Waals surface area contributed by atoms with Gasteiger partial charge in [0.05, 0.1) is 12.2 Å². The molecular formula is C17H35N3O2. The van der Waals surface area contributed by atoms with E-state index in [1.165, 1.54) is 0 Å². The van der Waals surface area contributed by atoms with E-state index in [9.17, 15) is 4.79 Å². The van der Waals surface area contributed by atoms with Gasteiger partial charge in [-0.3, -0.25) is 4.90 Å². The van der Waals surface area contributed by atoms with Gasteiger partial charge in [0.1, 0.15) is 0 Å². The van der Waals surface area contributed by atoms with E-state index in [0.29, 0.717) is 12.0 Å². The van der Waals surface area contributed by atoms with Crippen LogP contribution in [0.2, 0.25) is 0 Å². The molecule has 0 radical (unpaired) electrons. The highest BCUT2D eigenvalue weighted by molar-refractivity contribution is 5.71. The fraction of sp³-hybridized carbons (Fsp3) is 0.941. The van der Waals surface area contributed by atoms with E-state index in [1.807, 2.05) is 0 Å². The summed E-state index contributed by atoms with van der Waals surface area (Å²) in [6.45, 7) is 17.0. The quantitative estimate of drug-likeness (QED) is 0.792. The van der Waals surface area contributed by atoms with E-state index < -0.39 is 6.03 Å². The molecule has 0 saturated carbocycles. The number of rotatable bonds is 6. The molecule has 0 bridgehead atoms. The molecule has 130 valence electrons. The van der Waals surface area contributed by atoms with Crippen LogP contribution in [0.5, 0.6) is 0 Å². The lowest BCUT2D eigenvalue weighted by Gasteiger charge is -2.40. The molecule has 0 aromatic heterocycles. The number of nitrogens with zero attached hydrogens (tertiary/aromatic N) is 1. The number of hydrogen-bond donors (Lipinski definition) is 2. The summed E-state index contributed by atoms with van der Waals surface area (Å²) in [5, 5.41) is 2.71. The molecule has 5 heteroatoms. The van der Waals surface area contributed by atoms with Gasteiger partial charge in [-0.15, -0.1) is 0 Å². The fourth-order valence-corrected chi connectivity index (χ4v) is 3.07. The third kappa shape index (κ3) is 7.99. The Morgan fingerprint density at radius 1 is 1.27 bits per heavy atom. The van der Waals surface area contributed by atoms with E-state index in [4.69, 9.17) is 10.5 Å². The van der Waals surface area contributed by atoms with Crippen LogP contribution in [0.1, 0.15) is 54.4 Å². The maximum atomic E-state index is 10.9. The zero-order valence-electron chi connectivity index (χ0n) is 15.2. The van der Waals surface area contributed by atoms with E-state index in [-0.39, 0.29) is 17.6 Å². The van der Waals surface area contributed by atoms with Gasteiger partial charge in [-0.2, -0.15) is 0 Å². The molecule has 3 N–H and O–H groups in total. The first-order chi connectivity index (χ1) is 9.97. The highest BCUT2D eigenvalue weighted by Crippen LogP contribution is 2.26. The monoisotopic (exact) mass is 313 g/mol. The average molecular weight is 313 g/mol. The number of urea groups is 1. The van der Waals surface area contributed by atoms with E-state index in [2.05, 4.69) is 51.8 Å². The number of carbonyl (C=O) groups is 1. The molecule has 1 fully saturated rings. The van der Waals surface area contributed by atoms with Crippen molar-refractivity contribution < 1.29 is 9.53 Å². The van der Waals surface area contributed by atoms with Crippen LogP contribution < -0.4 is 11.1 Å². The summed E-state index contributed by atoms with van der Waals surface area (Å²) < 4.78 is 6.10. The highest BCUT2D eigenvalue weighted by Gasteiger charge is 2.29. The molecule has 0 aromatic carbocycles. The molecule has 5 nitrogen and oxygen atoms in total. The fourth-order valence-electron chi connectivity index (χ4n) is 3.07. The van der Waals surface area contributed by atoms with E-state index in [1.54, 1.807) is 0 Å². The normalized spacial score (nSPS) is 24.3. The van der Waals surface area contributed by atoms with Gasteiger partial charge in [-0.1, -0.05) is 34.6 Å². The van der Waals surface area contributed by atoms with Crippen LogP contribution >= 0.6 is 0 Å². The van der Waals surface area contributed by atoms with Gasteiger partial charge in [0, 0.05) is 26.2 Å². The molecule has 1 rings (SSSR count). The van der Waals surface area contributed by atoms with Gasteiger partial charge in [0.15, 0.2) is 0 Å². The molecular weight excluding hydrogens is 278 g/mol. The Morgan fingerprint density at radius 2 is 1.91 bits per heavy atom. The maximum Gasteiger partial charge on any atom is 0.312 e. The van der Waals surface area contributed by atoms with Crippen LogP contribution in [-0.4, -0.2) is 49.3 Å². The standard InChI is InChI=1S/C17H35N3O2/c1-13-9-20(12-16(2,3)4)10-14(22-13)7-8-17(5,6)11-19-15(18)21/h13-14H,7-12H2,1-6H3,(H3,18,19,21)/t13-,14-/m0/s1. The summed E-state index contributed by atoms with van der Waals surface area (Å²) in [6.07, 6.45) is 2.58. The Hall–Kier alpha value is -0.810. The first kappa shape index (κ1) is 19.2. The number of nitrogens with one attached hydrogen (secondary N) is 1. The molecule has 0 aromatic rings. The summed E-state index contributed by atoms with van der Waals surface area (Å²) >= 11 is 0. The zero-order valence-corrected chi connectivity index (χ0v) is 15.2. The van der Waals surface area contributed by atoms with Crippen LogP contribution in [-0.2, 0) is 4.74 Å². The van der Waals surface area contributed by atoms with Crippen molar-refractivity contribution in [3.63, 3.8) is 0 Å². The topological polar surface area (TPSA) is 67.6 Å². The van der Waals surface area contributed by atoms with Crippen LogP contribution in [0, 0.1) is 10.8 Å². The first-order valence-electron chi connectivity index (χ1n) is 8.38. The number of nitrogens with two attached hydrogens (primary N) is 1. The molecule has 22 heavy (non-hydrogen) atoms. The molecule has 1 aliphatic heterocycles. The van der Waals surface area contributed by atoms with Crippen LogP contribution in [0.25, 0.3) is 0 Å². The summed E-state index contributed by atoms with van der Waals surface area (Å²) in [4.78, 5) is 13.4. The minimum absolute atomic E-state index is 0.0356. The van der Waals surface area contributed by atoms with Gasteiger partial charge >= 0.3 is 6.03 Å². The molecule has 0 unspecified atom stereocenters. The zero-order chi connectivity index (χ0) is 17.0. The van der Waals surface area contributed by atoms with Gasteiger partial charge < -0.3 is 15.8 Å². The summed E-state index contributed by atoms with van der Waals surface area (Å²) in [5.74, 6) is 0. The van der Waals surface area contributed by atoms with E-state index in [0.717, 1.165) is 32.5 Å². The van der Waals surface area contributed by atoms with Crippen molar-refractivity contribution in [3.8, 4) is 0 Å². The number of primary amides is 1. The number of hydrogen-bond acceptors (Lipinski definition) is 3. The molecule has 0 aliphatic carbocycles. The number of amides is 2. The van der Waals surface area contributed by atoms with Crippen LogP contribution in [0.15, 0.2) is 0 Å². The summed E-state index contributed by atoms with van der Waals surface area (Å²) in [7, 11) is 0. The molecule has 1 saturated heterocycles. The van der Waals surface area contributed by atoms with Crippen molar-refractivity contribution in [2.75, 3.05) is 26.2 Å². The Bertz CT molecular complexity index is 363. The Kier molecular flexibility index (Phi) is 6.68. The predicted octanol–water partition coefficient (Wildman–Crippen LogP) is 2.60. The Labute approximate surface area is 135 Å². The molecule has 2 amide bonds. The highest BCUT2D eigenvalue weighted by atomic mass is 16.5. The number of ether oxygens (including phenoxy) is 1. The second kappa shape index (κ2) is 7.64. The minimum atomic E-state index is -0.452. The second-order valence-corrected chi connectivity index (χ2v) is 8.74. The van der Waals surface area contributed by atoms with Crippen molar-refractivity contribution in [2.45, 2.75) is 66.6 Å². The van der Waals surface area contributed by atoms with Gasteiger partial charge in [0.25, 0.3) is 0 Å². The minimum Gasteiger partial charge on any atom is -0.373 e. The molecule has 1 heterocycles. The SMILES string of the molecule is C[C@H]1CN(CC(C)(C)C)C[C@H](CCC(C)(C)CNC(N)=O)O1. The predicted molar refractivity (Wildman–Crippen MR) is 90.8 cm³/mol. The molecule has 1 aliphatic rings. The number of carbonyl (C=O) groups excluding carboxylic acids is 1. The maximum absolute atomic E-state index is 10.9. The lowest BCUT2D eigenvalue weighted by molar-refractivity contribution is -0.0888. The van der Waals surface area contributed by atoms with Gasteiger partial charge in [-0.25, -0.2) is 4.79 Å². The third-order valence-corrected chi connectivity index (χ3v) is 3.98. The third-order valence-electron chi connectivity index (χ3n) is 3.98. The van der Waals surface area contributed by atoms with Crippen molar-refractivity contribution in [1.29, 1.82) is 0 Å². The smallest absolute Gasteiger partial charge is 0.312 e. The van der Waals surface area contributed by atoms with Crippen molar-refractivity contribution in [3.05, 3.63) is 0 Å². The lowest BCUT2D eigenvalue weighted by Crippen LogP contribution is -2.49. The van der Waals surface area contributed by atoms with E-state index >= 15 is 0 Å². The van der Waals surface area contributed by atoms with Gasteiger partial charge in [-0.05, 0) is 30.6 Å². The van der Waals surface area contributed by atoms with Crippen LogP contribution in [0.4, 0.5) is 4.79 Å². The largest absolute Gasteiger partial charge is 0.373 e. The first-order valence-corrected chi connectivity index (χ1v) is 8.38. The van der Waals surface area contributed by atoms with Crippen LogP contribution in [0.3, 0.4) is 0 Å². The molecule has 0 spiro atoms. The van der Waals surface area contributed by atoms with Crippen molar-refractivity contribution >= 4 is 6.03 Å². The van der Waals surface area contributed by atoms with Crippen molar-refractivity contribution in [1.82, 2.24) is 10.2 Å². The summed E-state index contributed by atoms with van der Waals surface area (Å²) in [6, 6.07) is -0.452.